The third-order valence-electron chi connectivity index (χ3n) is 8.97. The largest absolute Gasteiger partial charge is 0.394 e. The highest BCUT2D eigenvalue weighted by Gasteiger charge is 2.65. The quantitative estimate of drug-likeness (QED) is 0.601. The Kier molecular flexibility index (Phi) is 6.44. The van der Waals surface area contributed by atoms with Gasteiger partial charge in [-0.15, -0.1) is 0 Å². The normalized spacial score (nSPS) is 31.5. The van der Waals surface area contributed by atoms with Crippen LogP contribution < -0.4 is 10.2 Å². The Balaban J connectivity index is 1.31. The monoisotopic (exact) mass is 461 g/mol. The SMILES string of the molecule is CC1(C)C2CCC1(C)C(O)C2CC(=O)NC(CO)C(=O)N1CCN(c2ccc(F)cc2)CC1. The van der Waals surface area contributed by atoms with Crippen molar-refractivity contribution in [2.75, 3.05) is 37.7 Å². The van der Waals surface area contributed by atoms with Crippen LogP contribution >= 0.6 is 0 Å². The number of amides is 2. The first-order chi connectivity index (χ1) is 15.6. The van der Waals surface area contributed by atoms with Gasteiger partial charge in [-0.1, -0.05) is 20.8 Å². The molecule has 8 heteroatoms. The van der Waals surface area contributed by atoms with Crippen molar-refractivity contribution >= 4 is 17.5 Å². The average molecular weight is 462 g/mol. The molecule has 33 heavy (non-hydrogen) atoms. The predicted octanol–water partition coefficient (Wildman–Crippen LogP) is 1.77. The molecule has 0 spiro atoms. The molecule has 0 aromatic heterocycles. The minimum absolute atomic E-state index is 0.0340. The smallest absolute Gasteiger partial charge is 0.247 e. The molecule has 4 rings (SSSR count). The summed E-state index contributed by atoms with van der Waals surface area (Å²) in [5.41, 5.74) is 0.670. The van der Waals surface area contributed by atoms with Crippen LogP contribution in [0.1, 0.15) is 40.0 Å². The van der Waals surface area contributed by atoms with Crippen LogP contribution in [0.25, 0.3) is 0 Å². The topological polar surface area (TPSA) is 93.1 Å². The van der Waals surface area contributed by atoms with E-state index in [4.69, 9.17) is 0 Å². The Morgan fingerprint density at radius 1 is 1.15 bits per heavy atom. The molecule has 5 atom stereocenters. The number of piperazine rings is 1. The molecule has 182 valence electrons. The Morgan fingerprint density at radius 2 is 1.79 bits per heavy atom. The van der Waals surface area contributed by atoms with Gasteiger partial charge in [0.15, 0.2) is 0 Å². The van der Waals surface area contributed by atoms with Crippen molar-refractivity contribution in [2.24, 2.45) is 22.7 Å². The first-order valence-corrected chi connectivity index (χ1v) is 12.0. The minimum Gasteiger partial charge on any atom is -0.394 e. The maximum Gasteiger partial charge on any atom is 0.247 e. The lowest BCUT2D eigenvalue weighted by atomic mass is 9.70. The third-order valence-corrected chi connectivity index (χ3v) is 8.97. The summed E-state index contributed by atoms with van der Waals surface area (Å²) < 4.78 is 13.2. The van der Waals surface area contributed by atoms with Crippen LogP contribution in [0.4, 0.5) is 10.1 Å². The van der Waals surface area contributed by atoms with Crippen molar-refractivity contribution in [2.45, 2.75) is 52.2 Å². The van der Waals surface area contributed by atoms with Crippen LogP contribution in [0.5, 0.6) is 0 Å². The van der Waals surface area contributed by atoms with Crippen LogP contribution in [0.15, 0.2) is 24.3 Å². The van der Waals surface area contributed by atoms with E-state index in [2.05, 4.69) is 31.0 Å². The Morgan fingerprint density at radius 3 is 2.33 bits per heavy atom. The van der Waals surface area contributed by atoms with Gasteiger partial charge in [0.1, 0.15) is 11.9 Å². The van der Waals surface area contributed by atoms with Crippen molar-refractivity contribution in [3.63, 3.8) is 0 Å². The highest BCUT2D eigenvalue weighted by atomic mass is 19.1. The van der Waals surface area contributed by atoms with Crippen molar-refractivity contribution in [1.82, 2.24) is 10.2 Å². The molecule has 2 aliphatic carbocycles. The second-order valence-electron chi connectivity index (χ2n) is 10.7. The number of hydrogen-bond acceptors (Lipinski definition) is 5. The summed E-state index contributed by atoms with van der Waals surface area (Å²) in [4.78, 5) is 29.5. The summed E-state index contributed by atoms with van der Waals surface area (Å²) in [6, 6.07) is 5.27. The summed E-state index contributed by atoms with van der Waals surface area (Å²) in [7, 11) is 0. The van der Waals surface area contributed by atoms with Crippen LogP contribution in [-0.4, -0.2) is 71.9 Å². The summed E-state index contributed by atoms with van der Waals surface area (Å²) in [5, 5.41) is 23.5. The number of aliphatic hydroxyl groups excluding tert-OH is 2. The highest BCUT2D eigenvalue weighted by molar-refractivity contribution is 5.88. The Labute approximate surface area is 194 Å². The second-order valence-corrected chi connectivity index (χ2v) is 10.7. The molecule has 1 aromatic rings. The van der Waals surface area contributed by atoms with Gasteiger partial charge >= 0.3 is 0 Å². The second kappa shape index (κ2) is 8.87. The zero-order valence-electron chi connectivity index (χ0n) is 19.8. The number of halogens is 1. The number of rotatable bonds is 6. The molecule has 3 fully saturated rings. The van der Waals surface area contributed by atoms with Crippen LogP contribution in [0, 0.1) is 28.5 Å². The number of anilines is 1. The average Bonchev–Trinajstić information content (AvgIpc) is 3.11. The van der Waals surface area contributed by atoms with Crippen molar-refractivity contribution in [3.8, 4) is 0 Å². The number of fused-ring (bicyclic) bond motifs is 2. The number of aliphatic hydroxyl groups is 2. The first-order valence-electron chi connectivity index (χ1n) is 12.0. The van der Waals surface area contributed by atoms with Gasteiger partial charge in [-0.2, -0.15) is 0 Å². The lowest BCUT2D eigenvalue weighted by Gasteiger charge is -2.38. The van der Waals surface area contributed by atoms with Gasteiger partial charge in [0, 0.05) is 38.3 Å². The number of benzene rings is 1. The zero-order valence-corrected chi connectivity index (χ0v) is 19.8. The molecule has 5 unspecified atom stereocenters. The third kappa shape index (κ3) is 4.12. The number of nitrogens with one attached hydrogen (secondary N) is 1. The lowest BCUT2D eigenvalue weighted by Crippen LogP contribution is -2.56. The van der Waals surface area contributed by atoms with E-state index in [9.17, 15) is 24.2 Å². The maximum atomic E-state index is 13.2. The maximum absolute atomic E-state index is 13.2. The van der Waals surface area contributed by atoms with Gasteiger partial charge in [0.2, 0.25) is 11.8 Å². The van der Waals surface area contributed by atoms with E-state index in [1.54, 1.807) is 17.0 Å². The molecular formula is C25H36FN3O4. The van der Waals surface area contributed by atoms with Crippen molar-refractivity contribution in [1.29, 1.82) is 0 Å². The molecule has 2 bridgehead atoms. The van der Waals surface area contributed by atoms with Gasteiger partial charge in [-0.05, 0) is 59.8 Å². The van der Waals surface area contributed by atoms with E-state index in [1.165, 1.54) is 12.1 Å². The van der Waals surface area contributed by atoms with E-state index in [0.717, 1.165) is 18.5 Å². The molecule has 2 amide bonds. The van der Waals surface area contributed by atoms with Crippen molar-refractivity contribution < 1.29 is 24.2 Å². The van der Waals surface area contributed by atoms with Crippen LogP contribution in [-0.2, 0) is 9.59 Å². The highest BCUT2D eigenvalue weighted by Crippen LogP contribution is 2.68. The van der Waals surface area contributed by atoms with Gasteiger partial charge in [0.25, 0.3) is 0 Å². The number of carbonyl (C=O) groups is 2. The van der Waals surface area contributed by atoms with E-state index in [1.807, 2.05) is 0 Å². The fourth-order valence-corrected chi connectivity index (χ4v) is 6.50. The summed E-state index contributed by atoms with van der Waals surface area (Å²) in [6.07, 6.45) is 1.58. The molecular weight excluding hydrogens is 425 g/mol. The van der Waals surface area contributed by atoms with E-state index in [0.29, 0.717) is 26.2 Å². The fraction of sp³-hybridized carbons (Fsp3) is 0.680. The van der Waals surface area contributed by atoms with Gasteiger partial charge in [0.05, 0.1) is 12.7 Å². The molecule has 7 nitrogen and oxygen atoms in total. The standard InChI is InChI=1S/C25H36FN3O4/c1-24(2)19-8-9-25(24,3)22(32)18(19)14-21(31)27-20(15-30)23(33)29-12-10-28(11-13-29)17-6-4-16(26)5-7-17/h4-7,18-20,22,30,32H,8-15H2,1-3H3,(H,27,31). The molecule has 1 saturated heterocycles. The fourth-order valence-electron chi connectivity index (χ4n) is 6.50. The van der Waals surface area contributed by atoms with Crippen molar-refractivity contribution in [3.05, 3.63) is 30.1 Å². The summed E-state index contributed by atoms with van der Waals surface area (Å²) in [5.74, 6) is -0.753. The molecule has 1 aromatic carbocycles. The summed E-state index contributed by atoms with van der Waals surface area (Å²) >= 11 is 0. The van der Waals surface area contributed by atoms with E-state index >= 15 is 0 Å². The number of nitrogens with zero attached hydrogens (tertiary/aromatic N) is 2. The Hall–Kier alpha value is -2.19. The van der Waals surface area contributed by atoms with E-state index < -0.39 is 18.8 Å². The molecule has 1 heterocycles. The minimum atomic E-state index is -0.991. The number of carbonyl (C=O) groups excluding carboxylic acids is 2. The van der Waals surface area contributed by atoms with Crippen LogP contribution in [0.2, 0.25) is 0 Å². The van der Waals surface area contributed by atoms with Gasteiger partial charge in [-0.25, -0.2) is 4.39 Å². The molecule has 3 aliphatic rings. The van der Waals surface area contributed by atoms with E-state index in [-0.39, 0.29) is 46.7 Å². The molecule has 1 aliphatic heterocycles. The van der Waals surface area contributed by atoms with Gasteiger partial charge in [-0.3, -0.25) is 9.59 Å². The summed E-state index contributed by atoms with van der Waals surface area (Å²) in [6.45, 7) is 8.09. The zero-order chi connectivity index (χ0) is 24.0. The molecule has 3 N–H and O–H groups in total. The number of hydrogen-bond donors (Lipinski definition) is 3. The van der Waals surface area contributed by atoms with Crippen LogP contribution in [0.3, 0.4) is 0 Å². The predicted molar refractivity (Wildman–Crippen MR) is 123 cm³/mol. The molecule has 2 saturated carbocycles. The van der Waals surface area contributed by atoms with Gasteiger partial charge < -0.3 is 25.3 Å². The Bertz CT molecular complexity index is 884. The molecule has 0 radical (unpaired) electrons. The lowest BCUT2D eigenvalue weighted by molar-refractivity contribution is -0.138. The first kappa shape index (κ1) is 24.0.